The average molecular weight is 463 g/mol. The minimum atomic E-state index is -3.53. The monoisotopic (exact) mass is 462 g/mol. The van der Waals surface area contributed by atoms with E-state index < -0.39 is 10.0 Å². The first-order chi connectivity index (χ1) is 15.3. The van der Waals surface area contributed by atoms with E-state index in [0.29, 0.717) is 49.7 Å². The van der Waals surface area contributed by atoms with Gasteiger partial charge in [-0.3, -0.25) is 4.79 Å². The molecule has 8 nitrogen and oxygen atoms in total. The molecule has 0 N–H and O–H groups in total. The summed E-state index contributed by atoms with van der Waals surface area (Å²) < 4.78 is 43.2. The Bertz CT molecular complexity index is 1010. The summed E-state index contributed by atoms with van der Waals surface area (Å²) >= 11 is 0. The number of nitrogens with zero attached hydrogens (tertiary/aromatic N) is 2. The van der Waals surface area contributed by atoms with Crippen molar-refractivity contribution in [1.29, 1.82) is 0 Å². The van der Waals surface area contributed by atoms with Crippen LogP contribution in [-0.4, -0.2) is 65.0 Å². The molecule has 0 unspecified atom stereocenters. The quantitative estimate of drug-likeness (QED) is 0.600. The molecule has 174 valence electrons. The molecule has 1 heterocycles. The number of rotatable bonds is 8. The van der Waals surface area contributed by atoms with Gasteiger partial charge in [-0.1, -0.05) is 18.2 Å². The van der Waals surface area contributed by atoms with E-state index in [1.165, 1.54) is 4.31 Å². The van der Waals surface area contributed by atoms with Gasteiger partial charge in [0.05, 0.1) is 26.2 Å². The third-order valence-electron chi connectivity index (χ3n) is 5.70. The standard InChI is InChI=1S/C23H30N2O6S/c1-24(16-17-14-20(29-2)22(31-4)21(15-17)30-3)23(26)18-10-12-25(13-11-18)32(27,28)19-8-6-5-7-9-19/h5-9,14-15,18H,10-13,16H2,1-4H3. The Morgan fingerprint density at radius 1 is 1.00 bits per heavy atom. The lowest BCUT2D eigenvalue weighted by Crippen LogP contribution is -2.43. The summed E-state index contributed by atoms with van der Waals surface area (Å²) in [5.74, 6) is 1.34. The van der Waals surface area contributed by atoms with Gasteiger partial charge in [-0.25, -0.2) is 8.42 Å². The van der Waals surface area contributed by atoms with Gasteiger partial charge in [0.25, 0.3) is 0 Å². The molecule has 0 aromatic heterocycles. The van der Waals surface area contributed by atoms with Crippen LogP contribution in [0.4, 0.5) is 0 Å². The normalized spacial score (nSPS) is 15.2. The number of amides is 1. The maximum absolute atomic E-state index is 13.0. The zero-order chi connectivity index (χ0) is 23.3. The molecule has 0 radical (unpaired) electrons. The second kappa shape index (κ2) is 10.2. The van der Waals surface area contributed by atoms with Crippen molar-refractivity contribution in [2.75, 3.05) is 41.5 Å². The smallest absolute Gasteiger partial charge is 0.243 e. The van der Waals surface area contributed by atoms with E-state index in [0.717, 1.165) is 5.56 Å². The lowest BCUT2D eigenvalue weighted by molar-refractivity contribution is -0.135. The SMILES string of the molecule is COc1cc(CN(C)C(=O)C2CCN(S(=O)(=O)c3ccccc3)CC2)cc(OC)c1OC. The minimum absolute atomic E-state index is 0.00416. The number of carbonyl (C=O) groups is 1. The predicted octanol–water partition coefficient (Wildman–Crippen LogP) is 2.77. The van der Waals surface area contributed by atoms with Crippen molar-refractivity contribution in [2.24, 2.45) is 5.92 Å². The summed E-state index contributed by atoms with van der Waals surface area (Å²) in [6.45, 7) is 1.02. The van der Waals surface area contributed by atoms with Crippen LogP contribution in [-0.2, 0) is 21.4 Å². The van der Waals surface area contributed by atoms with Crippen LogP contribution in [0, 0.1) is 5.92 Å². The Morgan fingerprint density at radius 2 is 1.56 bits per heavy atom. The number of piperidine rings is 1. The van der Waals surface area contributed by atoms with Crippen molar-refractivity contribution in [3.05, 3.63) is 48.0 Å². The summed E-state index contributed by atoms with van der Waals surface area (Å²) in [6, 6.07) is 12.0. The van der Waals surface area contributed by atoms with E-state index in [9.17, 15) is 13.2 Å². The molecule has 2 aromatic rings. The molecular weight excluding hydrogens is 432 g/mol. The van der Waals surface area contributed by atoms with Crippen molar-refractivity contribution in [2.45, 2.75) is 24.3 Å². The summed E-state index contributed by atoms with van der Waals surface area (Å²) in [5.41, 5.74) is 0.847. The molecule has 2 aromatic carbocycles. The fraction of sp³-hybridized carbons (Fsp3) is 0.435. The van der Waals surface area contributed by atoms with Crippen LogP contribution in [0.2, 0.25) is 0 Å². The summed E-state index contributed by atoms with van der Waals surface area (Å²) in [7, 11) is 2.85. The lowest BCUT2D eigenvalue weighted by atomic mass is 9.96. The topological polar surface area (TPSA) is 85.4 Å². The van der Waals surface area contributed by atoms with E-state index in [1.54, 1.807) is 63.6 Å². The maximum Gasteiger partial charge on any atom is 0.243 e. The maximum atomic E-state index is 13.0. The molecule has 1 amide bonds. The summed E-state index contributed by atoms with van der Waals surface area (Å²) in [5, 5.41) is 0. The van der Waals surface area contributed by atoms with Crippen molar-refractivity contribution in [1.82, 2.24) is 9.21 Å². The number of carbonyl (C=O) groups excluding carboxylic acids is 1. The molecule has 0 saturated carbocycles. The van der Waals surface area contributed by atoms with Crippen molar-refractivity contribution in [3.8, 4) is 17.2 Å². The van der Waals surface area contributed by atoms with Crippen molar-refractivity contribution < 1.29 is 27.4 Å². The minimum Gasteiger partial charge on any atom is -0.493 e. The highest BCUT2D eigenvalue weighted by molar-refractivity contribution is 7.89. The Balaban J connectivity index is 1.64. The van der Waals surface area contributed by atoms with Crippen LogP contribution in [0.5, 0.6) is 17.2 Å². The Labute approximate surface area is 189 Å². The van der Waals surface area contributed by atoms with Gasteiger partial charge in [0.15, 0.2) is 11.5 Å². The van der Waals surface area contributed by atoms with E-state index in [1.807, 2.05) is 12.1 Å². The van der Waals surface area contributed by atoms with Crippen LogP contribution in [0.15, 0.2) is 47.4 Å². The molecule has 1 fully saturated rings. The first-order valence-corrected chi connectivity index (χ1v) is 11.8. The Hall–Kier alpha value is -2.78. The molecule has 1 saturated heterocycles. The zero-order valence-electron chi connectivity index (χ0n) is 18.9. The van der Waals surface area contributed by atoms with Crippen LogP contribution in [0.3, 0.4) is 0 Å². The molecule has 0 aliphatic carbocycles. The van der Waals surface area contributed by atoms with Gasteiger partial charge < -0.3 is 19.1 Å². The van der Waals surface area contributed by atoms with Gasteiger partial charge in [-0.05, 0) is 42.7 Å². The number of ether oxygens (including phenoxy) is 3. The Morgan fingerprint density at radius 3 is 2.06 bits per heavy atom. The second-order valence-corrected chi connectivity index (χ2v) is 9.66. The van der Waals surface area contributed by atoms with Crippen molar-refractivity contribution >= 4 is 15.9 Å². The first-order valence-electron chi connectivity index (χ1n) is 10.4. The largest absolute Gasteiger partial charge is 0.493 e. The highest BCUT2D eigenvalue weighted by Crippen LogP contribution is 2.38. The first kappa shape index (κ1) is 23.9. The molecule has 0 spiro atoms. The molecule has 9 heteroatoms. The third kappa shape index (κ3) is 4.99. The highest BCUT2D eigenvalue weighted by Gasteiger charge is 2.33. The summed E-state index contributed by atoms with van der Waals surface area (Å²) in [6.07, 6.45) is 0.981. The number of sulfonamides is 1. The van der Waals surface area contributed by atoms with Gasteiger partial charge in [-0.2, -0.15) is 4.31 Å². The van der Waals surface area contributed by atoms with Gasteiger partial charge in [-0.15, -0.1) is 0 Å². The number of hydrogen-bond acceptors (Lipinski definition) is 6. The van der Waals surface area contributed by atoms with Gasteiger partial charge in [0, 0.05) is 32.6 Å². The summed E-state index contributed by atoms with van der Waals surface area (Å²) in [4.78, 5) is 15.0. The average Bonchev–Trinajstić information content (AvgIpc) is 2.83. The molecule has 32 heavy (non-hydrogen) atoms. The van der Waals surface area contributed by atoms with Gasteiger partial charge >= 0.3 is 0 Å². The Kier molecular flexibility index (Phi) is 7.63. The molecule has 1 aliphatic heterocycles. The lowest BCUT2D eigenvalue weighted by Gasteiger charge is -2.32. The van der Waals surface area contributed by atoms with Crippen LogP contribution >= 0.6 is 0 Å². The van der Waals surface area contributed by atoms with Crippen LogP contribution in [0.25, 0.3) is 0 Å². The van der Waals surface area contributed by atoms with E-state index >= 15 is 0 Å². The fourth-order valence-electron chi connectivity index (χ4n) is 3.97. The van der Waals surface area contributed by atoms with E-state index in [-0.39, 0.29) is 16.7 Å². The van der Waals surface area contributed by atoms with E-state index in [2.05, 4.69) is 0 Å². The highest BCUT2D eigenvalue weighted by atomic mass is 32.2. The second-order valence-electron chi connectivity index (χ2n) is 7.72. The molecular formula is C23H30N2O6S. The molecule has 1 aliphatic rings. The van der Waals surface area contributed by atoms with Crippen LogP contribution < -0.4 is 14.2 Å². The number of hydrogen-bond donors (Lipinski definition) is 0. The molecule has 0 atom stereocenters. The third-order valence-corrected chi connectivity index (χ3v) is 7.62. The predicted molar refractivity (Wildman–Crippen MR) is 120 cm³/mol. The number of methoxy groups -OCH3 is 3. The number of benzene rings is 2. The molecule has 3 rings (SSSR count). The fourth-order valence-corrected chi connectivity index (χ4v) is 5.47. The van der Waals surface area contributed by atoms with E-state index in [4.69, 9.17) is 14.2 Å². The van der Waals surface area contributed by atoms with Crippen LogP contribution in [0.1, 0.15) is 18.4 Å². The van der Waals surface area contributed by atoms with Gasteiger partial charge in [0.1, 0.15) is 0 Å². The van der Waals surface area contributed by atoms with Crippen molar-refractivity contribution in [3.63, 3.8) is 0 Å². The molecule has 0 bridgehead atoms. The zero-order valence-corrected chi connectivity index (χ0v) is 19.7. The van der Waals surface area contributed by atoms with Gasteiger partial charge in [0.2, 0.25) is 21.7 Å².